The van der Waals surface area contributed by atoms with E-state index in [1.54, 1.807) is 0 Å². The number of ether oxygens (including phenoxy) is 1. The van der Waals surface area contributed by atoms with E-state index in [0.29, 0.717) is 12.5 Å². The first kappa shape index (κ1) is 12.6. The average molecular weight is 234 g/mol. The van der Waals surface area contributed by atoms with Crippen molar-refractivity contribution in [2.75, 3.05) is 39.4 Å². The van der Waals surface area contributed by atoms with Crippen molar-refractivity contribution in [2.24, 2.45) is 5.73 Å². The summed E-state index contributed by atoms with van der Waals surface area (Å²) in [5.74, 6) is 0.438. The highest BCUT2D eigenvalue weighted by molar-refractivity contribution is 5.26. The van der Waals surface area contributed by atoms with E-state index in [-0.39, 0.29) is 0 Å². The van der Waals surface area contributed by atoms with Crippen LogP contribution in [0.25, 0.3) is 0 Å². The smallest absolute Gasteiger partial charge is 0.0594 e. The lowest BCUT2D eigenvalue weighted by molar-refractivity contribution is 0.0353. The fraction of sp³-hybridized carbons (Fsp3) is 0.571. The van der Waals surface area contributed by atoms with E-state index in [1.165, 1.54) is 11.1 Å². The van der Waals surface area contributed by atoms with Gasteiger partial charge in [-0.1, -0.05) is 29.8 Å². The fourth-order valence-corrected chi connectivity index (χ4v) is 2.34. The van der Waals surface area contributed by atoms with Gasteiger partial charge >= 0.3 is 0 Å². The molecule has 0 aromatic heterocycles. The molecule has 94 valence electrons. The molecule has 1 aromatic rings. The first-order valence-electron chi connectivity index (χ1n) is 6.36. The lowest BCUT2D eigenvalue weighted by Gasteiger charge is -2.30. The fourth-order valence-electron chi connectivity index (χ4n) is 2.34. The SMILES string of the molecule is Cc1cccc(C(CN)CN2CCOCC2)c1. The molecule has 3 heteroatoms. The van der Waals surface area contributed by atoms with Crippen LogP contribution in [-0.4, -0.2) is 44.3 Å². The summed E-state index contributed by atoms with van der Waals surface area (Å²) in [5, 5.41) is 0. The van der Waals surface area contributed by atoms with Crippen LogP contribution in [-0.2, 0) is 4.74 Å². The molecule has 0 saturated carbocycles. The quantitative estimate of drug-likeness (QED) is 0.855. The Kier molecular flexibility index (Phi) is 4.54. The summed E-state index contributed by atoms with van der Waals surface area (Å²) in [6.45, 7) is 7.65. The van der Waals surface area contributed by atoms with Crippen LogP contribution in [0, 0.1) is 6.92 Å². The Morgan fingerprint density at radius 3 is 2.76 bits per heavy atom. The van der Waals surface area contributed by atoms with Crippen molar-refractivity contribution in [1.29, 1.82) is 0 Å². The number of morpholine rings is 1. The average Bonchev–Trinajstić information content (AvgIpc) is 2.37. The second-order valence-corrected chi connectivity index (χ2v) is 4.76. The number of nitrogens with two attached hydrogens (primary N) is 1. The zero-order chi connectivity index (χ0) is 12.1. The zero-order valence-corrected chi connectivity index (χ0v) is 10.6. The van der Waals surface area contributed by atoms with E-state index in [0.717, 1.165) is 32.8 Å². The highest BCUT2D eigenvalue weighted by Crippen LogP contribution is 2.18. The van der Waals surface area contributed by atoms with Crippen LogP contribution < -0.4 is 5.73 Å². The lowest BCUT2D eigenvalue weighted by atomic mass is 9.97. The van der Waals surface area contributed by atoms with Crippen molar-refractivity contribution in [2.45, 2.75) is 12.8 Å². The lowest BCUT2D eigenvalue weighted by Crippen LogP contribution is -2.40. The van der Waals surface area contributed by atoms with Crippen molar-refractivity contribution in [3.8, 4) is 0 Å². The van der Waals surface area contributed by atoms with Gasteiger partial charge in [-0.25, -0.2) is 0 Å². The molecule has 1 aromatic carbocycles. The molecule has 1 atom stereocenters. The molecule has 2 rings (SSSR count). The largest absolute Gasteiger partial charge is 0.379 e. The Morgan fingerprint density at radius 2 is 2.12 bits per heavy atom. The van der Waals surface area contributed by atoms with Crippen LogP contribution in [0.2, 0.25) is 0 Å². The molecule has 17 heavy (non-hydrogen) atoms. The third-order valence-corrected chi connectivity index (χ3v) is 3.38. The van der Waals surface area contributed by atoms with Gasteiger partial charge in [-0.05, 0) is 12.5 Å². The van der Waals surface area contributed by atoms with Gasteiger partial charge in [0.25, 0.3) is 0 Å². The summed E-state index contributed by atoms with van der Waals surface area (Å²) in [5.41, 5.74) is 8.58. The van der Waals surface area contributed by atoms with Gasteiger partial charge in [0.15, 0.2) is 0 Å². The maximum atomic E-state index is 5.91. The van der Waals surface area contributed by atoms with Gasteiger partial charge in [0.2, 0.25) is 0 Å². The Bertz CT molecular complexity index is 348. The van der Waals surface area contributed by atoms with Gasteiger partial charge in [0.1, 0.15) is 0 Å². The van der Waals surface area contributed by atoms with E-state index >= 15 is 0 Å². The zero-order valence-electron chi connectivity index (χ0n) is 10.6. The number of hydrogen-bond donors (Lipinski definition) is 1. The Morgan fingerprint density at radius 1 is 1.35 bits per heavy atom. The van der Waals surface area contributed by atoms with Gasteiger partial charge in [-0.3, -0.25) is 4.90 Å². The van der Waals surface area contributed by atoms with Crippen LogP contribution >= 0.6 is 0 Å². The molecule has 1 fully saturated rings. The van der Waals surface area contributed by atoms with Crippen molar-refractivity contribution < 1.29 is 4.74 Å². The van der Waals surface area contributed by atoms with Crippen molar-refractivity contribution in [3.63, 3.8) is 0 Å². The minimum Gasteiger partial charge on any atom is -0.379 e. The maximum absolute atomic E-state index is 5.91. The minimum absolute atomic E-state index is 0.438. The molecule has 0 aliphatic carbocycles. The van der Waals surface area contributed by atoms with Crippen molar-refractivity contribution >= 4 is 0 Å². The van der Waals surface area contributed by atoms with Gasteiger partial charge in [0, 0.05) is 32.1 Å². The second-order valence-electron chi connectivity index (χ2n) is 4.76. The van der Waals surface area contributed by atoms with Gasteiger partial charge in [-0.2, -0.15) is 0 Å². The second kappa shape index (κ2) is 6.15. The molecular formula is C14H22N2O. The van der Waals surface area contributed by atoms with Crippen LogP contribution in [0.4, 0.5) is 0 Å². The predicted octanol–water partition coefficient (Wildman–Crippen LogP) is 1.37. The Hall–Kier alpha value is -0.900. The molecular weight excluding hydrogens is 212 g/mol. The van der Waals surface area contributed by atoms with Gasteiger partial charge in [-0.15, -0.1) is 0 Å². The normalized spacial score (nSPS) is 19.2. The molecule has 1 unspecified atom stereocenters. The number of hydrogen-bond acceptors (Lipinski definition) is 3. The summed E-state index contributed by atoms with van der Waals surface area (Å²) in [6, 6.07) is 8.68. The third kappa shape index (κ3) is 3.53. The Balaban J connectivity index is 2.00. The minimum atomic E-state index is 0.438. The van der Waals surface area contributed by atoms with Crippen LogP contribution in [0.3, 0.4) is 0 Å². The molecule has 3 nitrogen and oxygen atoms in total. The molecule has 0 bridgehead atoms. The molecule has 0 amide bonds. The topological polar surface area (TPSA) is 38.5 Å². The van der Waals surface area contributed by atoms with Crippen molar-refractivity contribution in [3.05, 3.63) is 35.4 Å². The molecule has 1 aliphatic rings. The van der Waals surface area contributed by atoms with Crippen molar-refractivity contribution in [1.82, 2.24) is 4.90 Å². The number of aryl methyl sites for hydroxylation is 1. The van der Waals surface area contributed by atoms with Crippen LogP contribution in [0.15, 0.2) is 24.3 Å². The highest BCUT2D eigenvalue weighted by Gasteiger charge is 2.17. The summed E-state index contributed by atoms with van der Waals surface area (Å²) in [7, 11) is 0. The monoisotopic (exact) mass is 234 g/mol. The predicted molar refractivity (Wildman–Crippen MR) is 70.2 cm³/mol. The summed E-state index contributed by atoms with van der Waals surface area (Å²) >= 11 is 0. The van der Waals surface area contributed by atoms with E-state index in [1.807, 2.05) is 0 Å². The standard InChI is InChI=1S/C14H22N2O/c1-12-3-2-4-13(9-12)14(10-15)11-16-5-7-17-8-6-16/h2-4,9,14H,5-8,10-11,15H2,1H3. The first-order chi connectivity index (χ1) is 8.29. The summed E-state index contributed by atoms with van der Waals surface area (Å²) in [4.78, 5) is 2.45. The van der Waals surface area contributed by atoms with E-state index in [9.17, 15) is 0 Å². The molecule has 0 spiro atoms. The third-order valence-electron chi connectivity index (χ3n) is 3.38. The molecule has 2 N–H and O–H groups in total. The number of nitrogens with zero attached hydrogens (tertiary/aromatic N) is 1. The van der Waals surface area contributed by atoms with E-state index < -0.39 is 0 Å². The molecule has 0 radical (unpaired) electrons. The van der Waals surface area contributed by atoms with Gasteiger partial charge < -0.3 is 10.5 Å². The molecule has 1 saturated heterocycles. The number of benzene rings is 1. The Labute approximate surface area is 104 Å². The number of rotatable bonds is 4. The maximum Gasteiger partial charge on any atom is 0.0594 e. The van der Waals surface area contributed by atoms with Crippen LogP contribution in [0.5, 0.6) is 0 Å². The van der Waals surface area contributed by atoms with E-state index in [2.05, 4.69) is 36.1 Å². The highest BCUT2D eigenvalue weighted by atomic mass is 16.5. The summed E-state index contributed by atoms with van der Waals surface area (Å²) in [6.07, 6.45) is 0. The first-order valence-corrected chi connectivity index (χ1v) is 6.36. The van der Waals surface area contributed by atoms with E-state index in [4.69, 9.17) is 10.5 Å². The molecule has 1 heterocycles. The summed E-state index contributed by atoms with van der Waals surface area (Å²) < 4.78 is 5.37. The molecule has 1 aliphatic heterocycles. The van der Waals surface area contributed by atoms with Gasteiger partial charge in [0.05, 0.1) is 13.2 Å². The van der Waals surface area contributed by atoms with Crippen LogP contribution in [0.1, 0.15) is 17.0 Å².